The zero-order valence-electron chi connectivity index (χ0n) is 8.70. The molecule has 0 saturated heterocycles. The molecule has 0 aliphatic heterocycles. The highest BCUT2D eigenvalue weighted by atomic mass is 79.9. The zero-order valence-corrected chi connectivity index (χ0v) is 10.3. The molecule has 0 bridgehead atoms. The molecule has 1 aliphatic rings. The second-order valence-corrected chi connectivity index (χ2v) is 5.04. The smallest absolute Gasteiger partial charge is 0.178 e. The van der Waals surface area contributed by atoms with Crippen molar-refractivity contribution in [2.24, 2.45) is 0 Å². The van der Waals surface area contributed by atoms with E-state index in [0.29, 0.717) is 6.04 Å². The van der Waals surface area contributed by atoms with Crippen LogP contribution >= 0.6 is 15.9 Å². The quantitative estimate of drug-likeness (QED) is 0.766. The molecule has 78 valence electrons. The van der Waals surface area contributed by atoms with E-state index in [1.807, 2.05) is 0 Å². The average molecular weight is 265 g/mol. The maximum atomic E-state index is 4.56. The summed E-state index contributed by atoms with van der Waals surface area (Å²) in [6.45, 7) is 2.11. The largest absolute Gasteiger partial charge is 0.315 e. The predicted molar refractivity (Wildman–Crippen MR) is 65.1 cm³/mol. The first-order valence-electron chi connectivity index (χ1n) is 5.40. The van der Waals surface area contributed by atoms with E-state index in [0.717, 1.165) is 10.3 Å². The Bertz CT molecular complexity index is 512. The van der Waals surface area contributed by atoms with Crippen molar-refractivity contribution in [3.05, 3.63) is 28.5 Å². The Morgan fingerprint density at radius 1 is 1.40 bits per heavy atom. The van der Waals surface area contributed by atoms with Crippen LogP contribution in [0.1, 0.15) is 30.9 Å². The Kier molecular flexibility index (Phi) is 2.09. The molecule has 15 heavy (non-hydrogen) atoms. The first-order chi connectivity index (χ1) is 7.25. The number of aryl methyl sites for hydroxylation is 1. The van der Waals surface area contributed by atoms with Crippen molar-refractivity contribution in [2.75, 3.05) is 0 Å². The zero-order chi connectivity index (χ0) is 10.4. The molecule has 2 nitrogen and oxygen atoms in total. The van der Waals surface area contributed by atoms with Gasteiger partial charge < -0.3 is 4.57 Å². The summed E-state index contributed by atoms with van der Waals surface area (Å²) in [6.07, 6.45) is 3.93. The van der Waals surface area contributed by atoms with Crippen LogP contribution in [0.25, 0.3) is 11.0 Å². The summed E-state index contributed by atoms with van der Waals surface area (Å²) in [5.74, 6) is 0. The summed E-state index contributed by atoms with van der Waals surface area (Å²) >= 11 is 3.56. The highest BCUT2D eigenvalue weighted by Crippen LogP contribution is 2.37. The van der Waals surface area contributed by atoms with E-state index in [1.54, 1.807) is 0 Å². The lowest BCUT2D eigenvalue weighted by Gasteiger charge is -2.28. The molecule has 0 atom stereocenters. The highest BCUT2D eigenvalue weighted by molar-refractivity contribution is 9.10. The molecule has 1 aromatic carbocycles. The van der Waals surface area contributed by atoms with Crippen LogP contribution in [-0.4, -0.2) is 9.55 Å². The van der Waals surface area contributed by atoms with Crippen molar-refractivity contribution in [1.82, 2.24) is 9.55 Å². The van der Waals surface area contributed by atoms with Crippen LogP contribution in [0, 0.1) is 6.92 Å². The molecule has 3 heteroatoms. The van der Waals surface area contributed by atoms with E-state index in [2.05, 4.69) is 50.6 Å². The lowest BCUT2D eigenvalue weighted by Crippen LogP contribution is -2.16. The third kappa shape index (κ3) is 1.41. The van der Waals surface area contributed by atoms with Gasteiger partial charge in [0, 0.05) is 6.04 Å². The van der Waals surface area contributed by atoms with Crippen LogP contribution in [0.2, 0.25) is 0 Å². The molecule has 1 fully saturated rings. The monoisotopic (exact) mass is 264 g/mol. The number of hydrogen-bond donors (Lipinski definition) is 0. The fourth-order valence-electron chi connectivity index (χ4n) is 2.17. The van der Waals surface area contributed by atoms with Crippen molar-refractivity contribution in [3.8, 4) is 0 Å². The Labute approximate surface area is 97.4 Å². The molecular weight excluding hydrogens is 252 g/mol. The standard InChI is InChI=1S/C12H13BrN2/c1-8-5-6-11-10(7-8)14-12(13)15(11)9-3-2-4-9/h5-7,9H,2-4H2,1H3. The number of halogens is 1. The second kappa shape index (κ2) is 3.34. The van der Waals surface area contributed by atoms with Gasteiger partial charge in [-0.05, 0) is 59.8 Å². The van der Waals surface area contributed by atoms with Crippen LogP contribution in [0.4, 0.5) is 0 Å². The second-order valence-electron chi connectivity index (χ2n) is 4.33. The Balaban J connectivity index is 2.23. The van der Waals surface area contributed by atoms with Crippen LogP contribution in [0.15, 0.2) is 22.9 Å². The molecule has 0 N–H and O–H groups in total. The number of imidazole rings is 1. The molecule has 1 aliphatic carbocycles. The van der Waals surface area contributed by atoms with E-state index in [4.69, 9.17) is 0 Å². The SMILES string of the molecule is Cc1ccc2c(c1)nc(Br)n2C1CCC1. The van der Waals surface area contributed by atoms with Gasteiger partial charge in [-0.3, -0.25) is 0 Å². The van der Waals surface area contributed by atoms with E-state index >= 15 is 0 Å². The summed E-state index contributed by atoms with van der Waals surface area (Å²) in [7, 11) is 0. The fourth-order valence-corrected chi connectivity index (χ4v) is 2.84. The van der Waals surface area contributed by atoms with Crippen LogP contribution in [0.3, 0.4) is 0 Å². The minimum atomic E-state index is 0.659. The number of aromatic nitrogens is 2. The number of benzene rings is 1. The lowest BCUT2D eigenvalue weighted by molar-refractivity contribution is 0.316. The highest BCUT2D eigenvalue weighted by Gasteiger charge is 2.23. The summed E-state index contributed by atoms with van der Waals surface area (Å²) in [5.41, 5.74) is 3.64. The maximum absolute atomic E-state index is 4.56. The van der Waals surface area contributed by atoms with Gasteiger partial charge in [0.05, 0.1) is 11.0 Å². The summed E-state index contributed by atoms with van der Waals surface area (Å²) < 4.78 is 3.31. The van der Waals surface area contributed by atoms with E-state index < -0.39 is 0 Å². The van der Waals surface area contributed by atoms with Crippen molar-refractivity contribution in [1.29, 1.82) is 0 Å². The van der Waals surface area contributed by atoms with E-state index in [-0.39, 0.29) is 0 Å². The van der Waals surface area contributed by atoms with E-state index in [1.165, 1.54) is 30.3 Å². The van der Waals surface area contributed by atoms with Crippen LogP contribution in [-0.2, 0) is 0 Å². The fraction of sp³-hybridized carbons (Fsp3) is 0.417. The number of fused-ring (bicyclic) bond motifs is 1. The van der Waals surface area contributed by atoms with Crippen molar-refractivity contribution >= 4 is 27.0 Å². The van der Waals surface area contributed by atoms with Crippen molar-refractivity contribution in [2.45, 2.75) is 32.2 Å². The van der Waals surface area contributed by atoms with Gasteiger partial charge in [-0.2, -0.15) is 0 Å². The molecule has 0 unspecified atom stereocenters. The molecule has 1 saturated carbocycles. The van der Waals surface area contributed by atoms with Crippen molar-refractivity contribution in [3.63, 3.8) is 0 Å². The molecule has 1 heterocycles. The third-order valence-corrected chi connectivity index (χ3v) is 3.80. The minimum absolute atomic E-state index is 0.659. The number of nitrogens with zero attached hydrogens (tertiary/aromatic N) is 2. The summed E-state index contributed by atoms with van der Waals surface area (Å²) in [4.78, 5) is 4.56. The van der Waals surface area contributed by atoms with Gasteiger partial charge in [0.1, 0.15) is 0 Å². The van der Waals surface area contributed by atoms with E-state index in [9.17, 15) is 0 Å². The van der Waals surface area contributed by atoms with Crippen LogP contribution in [0.5, 0.6) is 0 Å². The first kappa shape index (κ1) is 9.40. The normalized spacial score (nSPS) is 16.9. The Morgan fingerprint density at radius 3 is 2.87 bits per heavy atom. The van der Waals surface area contributed by atoms with Gasteiger partial charge in [-0.1, -0.05) is 6.07 Å². The minimum Gasteiger partial charge on any atom is -0.315 e. The molecule has 0 amide bonds. The molecule has 2 aromatic rings. The topological polar surface area (TPSA) is 17.8 Å². The Morgan fingerprint density at radius 2 is 2.20 bits per heavy atom. The van der Waals surface area contributed by atoms with Gasteiger partial charge in [0.15, 0.2) is 4.73 Å². The lowest BCUT2D eigenvalue weighted by atomic mass is 9.93. The predicted octanol–water partition coefficient (Wildman–Crippen LogP) is 3.83. The first-order valence-corrected chi connectivity index (χ1v) is 6.19. The molecular formula is C12H13BrN2. The van der Waals surface area contributed by atoms with Gasteiger partial charge >= 0.3 is 0 Å². The van der Waals surface area contributed by atoms with Crippen LogP contribution < -0.4 is 0 Å². The molecule has 3 rings (SSSR count). The van der Waals surface area contributed by atoms with Gasteiger partial charge in [0.25, 0.3) is 0 Å². The Hall–Kier alpha value is -0.830. The van der Waals surface area contributed by atoms with Crippen molar-refractivity contribution < 1.29 is 0 Å². The molecule has 0 radical (unpaired) electrons. The number of hydrogen-bond acceptors (Lipinski definition) is 1. The van der Waals surface area contributed by atoms with Gasteiger partial charge in [-0.25, -0.2) is 4.98 Å². The third-order valence-electron chi connectivity index (χ3n) is 3.24. The summed E-state index contributed by atoms with van der Waals surface area (Å²) in [6, 6.07) is 7.15. The maximum Gasteiger partial charge on any atom is 0.178 e. The average Bonchev–Trinajstić information content (AvgIpc) is 2.40. The van der Waals surface area contributed by atoms with Gasteiger partial charge in [-0.15, -0.1) is 0 Å². The summed E-state index contributed by atoms with van der Waals surface area (Å²) in [5, 5.41) is 0. The molecule has 1 aromatic heterocycles. The number of rotatable bonds is 1. The molecule has 0 spiro atoms. The van der Waals surface area contributed by atoms with Gasteiger partial charge in [0.2, 0.25) is 0 Å².